The van der Waals surface area contributed by atoms with Gasteiger partial charge in [-0.2, -0.15) is 0 Å². The van der Waals surface area contributed by atoms with Gasteiger partial charge in [0.15, 0.2) is 5.13 Å². The lowest BCUT2D eigenvalue weighted by Gasteiger charge is -2.25. The van der Waals surface area contributed by atoms with Crippen LogP contribution in [0.15, 0.2) is 23.1 Å². The molecule has 1 aromatic rings. The first-order valence-corrected chi connectivity index (χ1v) is 5.35. The molecule has 4 nitrogen and oxygen atoms in total. The van der Waals surface area contributed by atoms with Gasteiger partial charge in [0.25, 0.3) is 0 Å². The van der Waals surface area contributed by atoms with Crippen molar-refractivity contribution >= 4 is 23.6 Å². The number of thiazole rings is 1. The molecule has 14 heavy (non-hydrogen) atoms. The second-order valence-corrected chi connectivity index (χ2v) is 4.04. The SMILES string of the molecule is OB(O)C1=CCN(c2nccs2)CC1. The lowest BCUT2D eigenvalue weighted by atomic mass is 9.76. The zero-order valence-electron chi connectivity index (χ0n) is 7.63. The fraction of sp³-hybridized carbons (Fsp3) is 0.375. The van der Waals surface area contributed by atoms with Crippen LogP contribution in [0.2, 0.25) is 0 Å². The number of aromatic nitrogens is 1. The summed E-state index contributed by atoms with van der Waals surface area (Å²) in [7, 11) is -1.30. The van der Waals surface area contributed by atoms with Gasteiger partial charge in [-0.3, -0.25) is 0 Å². The molecule has 1 aliphatic heterocycles. The van der Waals surface area contributed by atoms with Gasteiger partial charge in [-0.25, -0.2) is 4.98 Å². The van der Waals surface area contributed by atoms with E-state index in [2.05, 4.69) is 9.88 Å². The Bertz CT molecular complexity index is 326. The molecule has 0 unspecified atom stereocenters. The zero-order chi connectivity index (χ0) is 9.97. The molecular formula is C8H11BN2O2S. The van der Waals surface area contributed by atoms with Gasteiger partial charge in [0, 0.05) is 24.7 Å². The first-order valence-electron chi connectivity index (χ1n) is 4.47. The molecule has 74 valence electrons. The highest BCUT2D eigenvalue weighted by Crippen LogP contribution is 2.21. The van der Waals surface area contributed by atoms with Gasteiger partial charge in [0.2, 0.25) is 0 Å². The summed E-state index contributed by atoms with van der Waals surface area (Å²) in [6.07, 6.45) is 4.33. The maximum absolute atomic E-state index is 8.95. The predicted octanol–water partition coefficient (Wildman–Crippen LogP) is 0.292. The van der Waals surface area contributed by atoms with Crippen LogP contribution < -0.4 is 4.90 Å². The quantitative estimate of drug-likeness (QED) is 0.689. The Hall–Kier alpha value is -0.845. The molecule has 0 bridgehead atoms. The Morgan fingerprint density at radius 1 is 1.50 bits per heavy atom. The summed E-state index contributed by atoms with van der Waals surface area (Å²) in [5, 5.41) is 20.8. The van der Waals surface area contributed by atoms with E-state index >= 15 is 0 Å². The van der Waals surface area contributed by atoms with Gasteiger partial charge in [-0.05, 0) is 11.9 Å². The lowest BCUT2D eigenvalue weighted by Crippen LogP contribution is -2.32. The van der Waals surface area contributed by atoms with Crippen LogP contribution in [-0.2, 0) is 0 Å². The standard InChI is InChI=1S/C8H11BN2O2S/c12-9(13)7-1-4-11(5-2-7)8-10-3-6-14-8/h1,3,6,12-13H,2,4-5H2. The van der Waals surface area contributed by atoms with Crippen molar-refractivity contribution in [3.05, 3.63) is 23.1 Å². The molecule has 1 aliphatic rings. The van der Waals surface area contributed by atoms with Crippen LogP contribution in [0.3, 0.4) is 0 Å². The first kappa shape index (κ1) is 9.70. The first-order chi connectivity index (χ1) is 6.77. The van der Waals surface area contributed by atoms with Crippen LogP contribution in [0, 0.1) is 0 Å². The summed E-state index contributed by atoms with van der Waals surface area (Å²) in [5.41, 5.74) is 0.706. The van der Waals surface area contributed by atoms with Gasteiger partial charge < -0.3 is 14.9 Å². The molecule has 2 rings (SSSR count). The smallest absolute Gasteiger partial charge is 0.423 e. The summed E-state index contributed by atoms with van der Waals surface area (Å²) < 4.78 is 0. The second-order valence-electron chi connectivity index (χ2n) is 3.16. The minimum absolute atomic E-state index is 0.692. The highest BCUT2D eigenvalue weighted by Gasteiger charge is 2.20. The highest BCUT2D eigenvalue weighted by atomic mass is 32.1. The summed E-state index contributed by atoms with van der Waals surface area (Å²) in [6, 6.07) is 0. The summed E-state index contributed by atoms with van der Waals surface area (Å²) >= 11 is 1.60. The molecule has 0 aliphatic carbocycles. The van der Waals surface area contributed by atoms with E-state index in [0.717, 1.165) is 11.7 Å². The van der Waals surface area contributed by atoms with Crippen LogP contribution in [0.25, 0.3) is 0 Å². The Balaban J connectivity index is 2.03. The minimum atomic E-state index is -1.30. The molecule has 0 saturated carbocycles. The summed E-state index contributed by atoms with van der Waals surface area (Å²) in [5.74, 6) is 0. The normalized spacial score (nSPS) is 16.7. The molecule has 6 heteroatoms. The van der Waals surface area contributed by atoms with E-state index in [4.69, 9.17) is 10.0 Å². The Kier molecular flexibility index (Phi) is 2.86. The van der Waals surface area contributed by atoms with Crippen LogP contribution in [0.5, 0.6) is 0 Å². The van der Waals surface area contributed by atoms with Gasteiger partial charge in [-0.1, -0.05) is 6.08 Å². The molecule has 2 heterocycles. The molecule has 0 fully saturated rings. The van der Waals surface area contributed by atoms with Crippen LogP contribution in [-0.4, -0.2) is 35.2 Å². The lowest BCUT2D eigenvalue weighted by molar-refractivity contribution is 0.415. The average molecular weight is 210 g/mol. The fourth-order valence-corrected chi connectivity index (χ4v) is 2.15. The molecule has 0 amide bonds. The monoisotopic (exact) mass is 210 g/mol. The van der Waals surface area contributed by atoms with E-state index < -0.39 is 7.12 Å². The summed E-state index contributed by atoms with van der Waals surface area (Å²) in [4.78, 5) is 6.32. The van der Waals surface area contributed by atoms with Crippen molar-refractivity contribution in [1.29, 1.82) is 0 Å². The van der Waals surface area contributed by atoms with Crippen LogP contribution >= 0.6 is 11.3 Å². The van der Waals surface area contributed by atoms with Crippen molar-refractivity contribution < 1.29 is 10.0 Å². The van der Waals surface area contributed by atoms with Gasteiger partial charge in [0.05, 0.1) is 0 Å². The van der Waals surface area contributed by atoms with Gasteiger partial charge in [0.1, 0.15) is 0 Å². The van der Waals surface area contributed by atoms with E-state index in [0.29, 0.717) is 18.4 Å². The molecule has 0 atom stereocenters. The van der Waals surface area contributed by atoms with Gasteiger partial charge >= 0.3 is 7.12 Å². The van der Waals surface area contributed by atoms with Crippen molar-refractivity contribution in [2.45, 2.75) is 6.42 Å². The van der Waals surface area contributed by atoms with Crippen LogP contribution in [0.4, 0.5) is 5.13 Å². The van der Waals surface area contributed by atoms with E-state index in [9.17, 15) is 0 Å². The third-order valence-corrected chi connectivity index (χ3v) is 3.10. The summed E-state index contributed by atoms with van der Waals surface area (Å²) in [6.45, 7) is 1.51. The van der Waals surface area contributed by atoms with Crippen molar-refractivity contribution in [2.24, 2.45) is 0 Å². The fourth-order valence-electron chi connectivity index (χ4n) is 1.47. The Morgan fingerprint density at radius 3 is 2.86 bits per heavy atom. The van der Waals surface area contributed by atoms with Crippen molar-refractivity contribution in [3.63, 3.8) is 0 Å². The minimum Gasteiger partial charge on any atom is -0.423 e. The third kappa shape index (κ3) is 1.97. The van der Waals surface area contributed by atoms with E-state index in [1.54, 1.807) is 17.5 Å². The molecule has 0 saturated heterocycles. The van der Waals surface area contributed by atoms with Crippen molar-refractivity contribution in [3.8, 4) is 0 Å². The molecule has 1 aromatic heterocycles. The van der Waals surface area contributed by atoms with Crippen molar-refractivity contribution in [1.82, 2.24) is 4.98 Å². The average Bonchev–Trinajstić information content (AvgIpc) is 2.71. The molecule has 0 radical (unpaired) electrons. The molecule has 2 N–H and O–H groups in total. The van der Waals surface area contributed by atoms with Gasteiger partial charge in [-0.15, -0.1) is 11.3 Å². The van der Waals surface area contributed by atoms with Crippen molar-refractivity contribution in [2.75, 3.05) is 18.0 Å². The Labute approximate surface area is 86.7 Å². The number of nitrogens with zero attached hydrogens (tertiary/aromatic N) is 2. The third-order valence-electron chi connectivity index (χ3n) is 2.27. The molecule has 0 aromatic carbocycles. The Morgan fingerprint density at radius 2 is 2.36 bits per heavy atom. The molecular weight excluding hydrogens is 199 g/mol. The largest absolute Gasteiger partial charge is 0.483 e. The second kappa shape index (κ2) is 4.12. The van der Waals surface area contributed by atoms with E-state index in [1.807, 2.05) is 11.5 Å². The maximum Gasteiger partial charge on any atom is 0.483 e. The zero-order valence-corrected chi connectivity index (χ0v) is 8.44. The number of hydrogen-bond donors (Lipinski definition) is 2. The van der Waals surface area contributed by atoms with E-state index in [-0.39, 0.29) is 0 Å². The number of hydrogen-bond acceptors (Lipinski definition) is 5. The number of rotatable bonds is 2. The number of anilines is 1. The maximum atomic E-state index is 8.95. The molecule has 0 spiro atoms. The highest BCUT2D eigenvalue weighted by molar-refractivity contribution is 7.13. The topological polar surface area (TPSA) is 56.6 Å². The predicted molar refractivity (Wildman–Crippen MR) is 57.2 cm³/mol. The van der Waals surface area contributed by atoms with Crippen LogP contribution in [0.1, 0.15) is 6.42 Å². The van der Waals surface area contributed by atoms with E-state index in [1.165, 1.54) is 0 Å².